The minimum atomic E-state index is 0.563. The molecule has 0 saturated carbocycles. The molecule has 2 aliphatic rings. The van der Waals surface area contributed by atoms with Gasteiger partial charge in [-0.25, -0.2) is 0 Å². The van der Waals surface area contributed by atoms with Crippen molar-refractivity contribution < 1.29 is 0 Å². The summed E-state index contributed by atoms with van der Waals surface area (Å²) in [7, 11) is 0. The number of aromatic nitrogens is 2. The first-order chi connectivity index (χ1) is 12.2. The molecule has 3 aromatic rings. The van der Waals surface area contributed by atoms with Crippen molar-refractivity contribution in [3.8, 4) is 0 Å². The summed E-state index contributed by atoms with van der Waals surface area (Å²) in [6.07, 6.45) is 4.57. The minimum Gasteiger partial charge on any atom is -0.343 e. The van der Waals surface area contributed by atoms with E-state index in [9.17, 15) is 0 Å². The molecule has 25 heavy (non-hydrogen) atoms. The molecule has 0 spiro atoms. The summed E-state index contributed by atoms with van der Waals surface area (Å²) < 4.78 is 2.62. The third kappa shape index (κ3) is 2.41. The van der Waals surface area contributed by atoms with E-state index in [0.29, 0.717) is 11.8 Å². The highest BCUT2D eigenvalue weighted by atomic mass is 15.0. The maximum atomic E-state index is 4.55. The van der Waals surface area contributed by atoms with Crippen LogP contribution in [-0.2, 0) is 13.1 Å². The quantitative estimate of drug-likeness (QED) is 0.715. The van der Waals surface area contributed by atoms with E-state index in [-0.39, 0.29) is 0 Å². The monoisotopic (exact) mass is 331 g/mol. The van der Waals surface area contributed by atoms with Gasteiger partial charge in [-0.2, -0.15) is 0 Å². The smallest absolute Gasteiger partial charge is 0.0486 e. The molecule has 1 N–H and O–H groups in total. The Labute approximate surface area is 149 Å². The first-order valence-electron chi connectivity index (χ1n) is 9.45. The zero-order valence-electron chi connectivity index (χ0n) is 15.0. The number of aryl methyl sites for hydroxylation is 2. The molecular formula is C22H25N3. The highest BCUT2D eigenvalue weighted by molar-refractivity contribution is 5.87. The zero-order valence-corrected chi connectivity index (χ0v) is 15.0. The van der Waals surface area contributed by atoms with Gasteiger partial charge in [0.05, 0.1) is 0 Å². The maximum Gasteiger partial charge on any atom is 0.0486 e. The third-order valence-corrected chi connectivity index (χ3v) is 6.10. The number of hydrogen-bond donors (Lipinski definition) is 1. The fourth-order valence-corrected chi connectivity index (χ4v) is 4.86. The van der Waals surface area contributed by atoms with Gasteiger partial charge in [0.25, 0.3) is 0 Å². The van der Waals surface area contributed by atoms with Gasteiger partial charge in [-0.05, 0) is 62.6 Å². The summed E-state index contributed by atoms with van der Waals surface area (Å²) in [5.41, 5.74) is 8.40. The Morgan fingerprint density at radius 1 is 1.12 bits per heavy atom. The van der Waals surface area contributed by atoms with Crippen LogP contribution in [0.5, 0.6) is 0 Å². The van der Waals surface area contributed by atoms with Crippen LogP contribution in [0.4, 0.5) is 0 Å². The van der Waals surface area contributed by atoms with Gasteiger partial charge in [-0.3, -0.25) is 4.98 Å². The summed E-state index contributed by atoms with van der Waals surface area (Å²) in [6.45, 7) is 7.47. The predicted molar refractivity (Wildman–Crippen MR) is 102 cm³/mol. The molecule has 0 fully saturated rings. The molecule has 128 valence electrons. The van der Waals surface area contributed by atoms with Gasteiger partial charge in [-0.1, -0.05) is 17.7 Å². The lowest BCUT2D eigenvalue weighted by Gasteiger charge is -2.32. The standard InChI is InChI=1S/C22H25N3/c1-14-3-6-21-19(9-14)20-12-23-8-7-16-10-18(13-25(21)22(16)20)17-5-4-15(2)24-11-17/h3-6,9,11,16,18,23H,7-8,10,12-13H2,1-2H3. The Balaban J connectivity index is 1.67. The van der Waals surface area contributed by atoms with Crippen LogP contribution in [0, 0.1) is 13.8 Å². The second-order valence-electron chi connectivity index (χ2n) is 7.82. The number of fused-ring (bicyclic) bond motifs is 3. The van der Waals surface area contributed by atoms with Crippen LogP contribution in [0.15, 0.2) is 36.5 Å². The molecular weight excluding hydrogens is 306 g/mol. The van der Waals surface area contributed by atoms with Crippen molar-refractivity contribution in [3.05, 3.63) is 64.6 Å². The molecule has 0 aliphatic carbocycles. The highest BCUT2D eigenvalue weighted by Crippen LogP contribution is 2.44. The summed E-state index contributed by atoms with van der Waals surface area (Å²) in [5.74, 6) is 1.21. The second-order valence-corrected chi connectivity index (χ2v) is 7.82. The average Bonchev–Trinajstić information content (AvgIpc) is 2.77. The van der Waals surface area contributed by atoms with Crippen molar-refractivity contribution in [1.29, 1.82) is 0 Å². The Kier molecular flexibility index (Phi) is 3.46. The van der Waals surface area contributed by atoms with E-state index in [1.54, 1.807) is 11.3 Å². The van der Waals surface area contributed by atoms with Crippen molar-refractivity contribution in [2.75, 3.05) is 6.54 Å². The molecule has 2 atom stereocenters. The number of nitrogens with zero attached hydrogens (tertiary/aromatic N) is 2. The predicted octanol–water partition coefficient (Wildman–Crippen LogP) is 4.42. The normalized spacial score (nSPS) is 22.6. The van der Waals surface area contributed by atoms with E-state index >= 15 is 0 Å². The van der Waals surface area contributed by atoms with Gasteiger partial charge in [0.15, 0.2) is 0 Å². The maximum absolute atomic E-state index is 4.55. The Hall–Kier alpha value is -2.13. The molecule has 3 nitrogen and oxygen atoms in total. The lowest BCUT2D eigenvalue weighted by atomic mass is 9.82. The molecule has 3 heteroatoms. The first kappa shape index (κ1) is 15.2. The van der Waals surface area contributed by atoms with Crippen molar-refractivity contribution in [2.24, 2.45) is 0 Å². The number of nitrogens with one attached hydrogen (secondary N) is 1. The van der Waals surface area contributed by atoms with Gasteiger partial charge in [-0.15, -0.1) is 0 Å². The van der Waals surface area contributed by atoms with Crippen LogP contribution in [-0.4, -0.2) is 16.1 Å². The number of pyridine rings is 1. The van der Waals surface area contributed by atoms with Gasteiger partial charge in [0.2, 0.25) is 0 Å². The summed E-state index contributed by atoms with van der Waals surface area (Å²) in [4.78, 5) is 4.55. The number of rotatable bonds is 1. The highest BCUT2D eigenvalue weighted by Gasteiger charge is 2.33. The SMILES string of the molecule is Cc1ccc2c(c1)c1c3n2CC(c2ccc(C)nc2)CC3CCNC1. The van der Waals surface area contributed by atoms with Crippen LogP contribution in [0.1, 0.15) is 52.8 Å². The molecule has 0 radical (unpaired) electrons. The Morgan fingerprint density at radius 2 is 2.04 bits per heavy atom. The van der Waals surface area contributed by atoms with Crippen molar-refractivity contribution >= 4 is 10.9 Å². The average molecular weight is 331 g/mol. The molecule has 2 unspecified atom stereocenters. The van der Waals surface area contributed by atoms with Gasteiger partial charge < -0.3 is 9.88 Å². The van der Waals surface area contributed by atoms with Crippen LogP contribution >= 0.6 is 0 Å². The molecule has 4 heterocycles. The molecule has 5 rings (SSSR count). The fourth-order valence-electron chi connectivity index (χ4n) is 4.86. The third-order valence-electron chi connectivity index (χ3n) is 6.10. The van der Waals surface area contributed by atoms with E-state index in [0.717, 1.165) is 25.3 Å². The van der Waals surface area contributed by atoms with E-state index in [1.807, 2.05) is 0 Å². The Bertz CT molecular complexity index is 936. The largest absolute Gasteiger partial charge is 0.343 e. The van der Waals surface area contributed by atoms with Crippen molar-refractivity contribution in [2.45, 2.75) is 51.6 Å². The number of hydrogen-bond acceptors (Lipinski definition) is 2. The fraction of sp³-hybridized carbons (Fsp3) is 0.409. The molecule has 2 aliphatic heterocycles. The lowest BCUT2D eigenvalue weighted by Crippen LogP contribution is -2.23. The van der Waals surface area contributed by atoms with Crippen molar-refractivity contribution in [1.82, 2.24) is 14.9 Å². The van der Waals surface area contributed by atoms with Crippen LogP contribution in [0.25, 0.3) is 10.9 Å². The zero-order chi connectivity index (χ0) is 17.0. The first-order valence-corrected chi connectivity index (χ1v) is 9.45. The van der Waals surface area contributed by atoms with Gasteiger partial charge >= 0.3 is 0 Å². The van der Waals surface area contributed by atoms with Crippen LogP contribution in [0.3, 0.4) is 0 Å². The number of benzene rings is 1. The summed E-state index contributed by atoms with van der Waals surface area (Å²) in [5, 5.41) is 5.11. The second kappa shape index (κ2) is 5.70. The van der Waals surface area contributed by atoms with Crippen LogP contribution < -0.4 is 5.32 Å². The molecule has 0 amide bonds. The lowest BCUT2D eigenvalue weighted by molar-refractivity contribution is 0.395. The van der Waals surface area contributed by atoms with Gasteiger partial charge in [0, 0.05) is 53.4 Å². The van der Waals surface area contributed by atoms with E-state index in [4.69, 9.17) is 0 Å². The Morgan fingerprint density at radius 3 is 2.88 bits per heavy atom. The van der Waals surface area contributed by atoms with Crippen molar-refractivity contribution in [3.63, 3.8) is 0 Å². The minimum absolute atomic E-state index is 0.563. The topological polar surface area (TPSA) is 29.9 Å². The van der Waals surface area contributed by atoms with Crippen LogP contribution in [0.2, 0.25) is 0 Å². The molecule has 0 bridgehead atoms. The van der Waals surface area contributed by atoms with E-state index < -0.39 is 0 Å². The summed E-state index contributed by atoms with van der Waals surface area (Å²) in [6, 6.07) is 11.4. The summed E-state index contributed by atoms with van der Waals surface area (Å²) >= 11 is 0. The van der Waals surface area contributed by atoms with E-state index in [1.165, 1.54) is 34.9 Å². The molecule has 0 saturated heterocycles. The van der Waals surface area contributed by atoms with E-state index in [2.05, 4.69) is 65.2 Å². The van der Waals surface area contributed by atoms with Gasteiger partial charge in [0.1, 0.15) is 0 Å². The molecule has 1 aromatic carbocycles. The molecule has 2 aromatic heterocycles.